The highest BCUT2D eigenvalue weighted by molar-refractivity contribution is 5.96. The van der Waals surface area contributed by atoms with Crippen LogP contribution >= 0.6 is 0 Å². The smallest absolute Gasteiger partial charge is 0.221 e. The number of hydrogen-bond acceptors (Lipinski definition) is 4. The number of nitrogens with one attached hydrogen (secondary N) is 2. The SMILES string of the molecule is COc1cc2c(C)cc(-c3cc(C)[nH]n3)nc2cc1NC(C)=O. The highest BCUT2D eigenvalue weighted by atomic mass is 16.5. The van der Waals surface area contributed by atoms with Gasteiger partial charge in [-0.1, -0.05) is 0 Å². The Kier molecular flexibility index (Phi) is 3.73. The van der Waals surface area contributed by atoms with Crippen LogP contribution in [0.4, 0.5) is 5.69 Å². The van der Waals surface area contributed by atoms with Crippen molar-refractivity contribution in [3.63, 3.8) is 0 Å². The van der Waals surface area contributed by atoms with E-state index in [1.54, 1.807) is 7.11 Å². The first-order valence-electron chi connectivity index (χ1n) is 7.27. The Morgan fingerprint density at radius 1 is 1.17 bits per heavy atom. The van der Waals surface area contributed by atoms with Crippen LogP contribution in [-0.4, -0.2) is 28.2 Å². The van der Waals surface area contributed by atoms with Gasteiger partial charge in [-0.2, -0.15) is 5.10 Å². The molecule has 2 N–H and O–H groups in total. The Morgan fingerprint density at radius 2 is 1.96 bits per heavy atom. The molecule has 0 radical (unpaired) electrons. The number of amides is 1. The number of fused-ring (bicyclic) bond motifs is 1. The molecule has 118 valence electrons. The van der Waals surface area contributed by atoms with Gasteiger partial charge in [-0.3, -0.25) is 9.89 Å². The van der Waals surface area contributed by atoms with Gasteiger partial charge in [0.15, 0.2) is 0 Å². The fourth-order valence-electron chi connectivity index (χ4n) is 2.56. The predicted molar refractivity (Wildman–Crippen MR) is 89.7 cm³/mol. The maximum Gasteiger partial charge on any atom is 0.221 e. The number of anilines is 1. The van der Waals surface area contributed by atoms with Gasteiger partial charge < -0.3 is 10.1 Å². The van der Waals surface area contributed by atoms with Crippen LogP contribution < -0.4 is 10.1 Å². The predicted octanol–water partition coefficient (Wildman–Crippen LogP) is 3.21. The monoisotopic (exact) mass is 310 g/mol. The van der Waals surface area contributed by atoms with Gasteiger partial charge in [0, 0.05) is 18.0 Å². The quantitative estimate of drug-likeness (QED) is 0.778. The minimum atomic E-state index is -0.154. The maximum atomic E-state index is 11.4. The zero-order chi connectivity index (χ0) is 16.6. The topological polar surface area (TPSA) is 79.9 Å². The van der Waals surface area contributed by atoms with E-state index >= 15 is 0 Å². The van der Waals surface area contributed by atoms with Crippen molar-refractivity contribution in [1.29, 1.82) is 0 Å². The summed E-state index contributed by atoms with van der Waals surface area (Å²) in [6.07, 6.45) is 0. The molecule has 2 heterocycles. The Hall–Kier alpha value is -2.89. The number of pyridine rings is 1. The molecule has 0 saturated heterocycles. The number of carbonyl (C=O) groups is 1. The van der Waals surface area contributed by atoms with Crippen molar-refractivity contribution in [2.45, 2.75) is 20.8 Å². The molecule has 3 aromatic rings. The summed E-state index contributed by atoms with van der Waals surface area (Å²) in [7, 11) is 1.58. The van der Waals surface area contributed by atoms with Crippen LogP contribution in [0.25, 0.3) is 22.3 Å². The largest absolute Gasteiger partial charge is 0.495 e. The standard InChI is InChI=1S/C17H18N4O2/c1-9-5-14(15-6-10(2)20-21-15)19-13-8-16(18-11(3)22)17(23-4)7-12(9)13/h5-8H,1-4H3,(H,18,22)(H,20,21). The first-order valence-corrected chi connectivity index (χ1v) is 7.27. The Morgan fingerprint density at radius 3 is 2.57 bits per heavy atom. The van der Waals surface area contributed by atoms with E-state index in [0.29, 0.717) is 11.4 Å². The number of benzene rings is 1. The molecule has 3 rings (SSSR count). The highest BCUT2D eigenvalue weighted by Crippen LogP contribution is 2.32. The Labute approximate surface area is 133 Å². The molecule has 0 aliphatic heterocycles. The van der Waals surface area contributed by atoms with Gasteiger partial charge in [-0.15, -0.1) is 0 Å². The van der Waals surface area contributed by atoms with E-state index in [1.807, 2.05) is 38.1 Å². The van der Waals surface area contributed by atoms with E-state index in [2.05, 4.69) is 20.5 Å². The minimum Gasteiger partial charge on any atom is -0.495 e. The molecule has 1 amide bonds. The molecule has 1 aromatic carbocycles. The third-order valence-electron chi connectivity index (χ3n) is 3.62. The third kappa shape index (κ3) is 2.88. The van der Waals surface area contributed by atoms with Gasteiger partial charge in [0.05, 0.1) is 24.0 Å². The van der Waals surface area contributed by atoms with Gasteiger partial charge in [0.2, 0.25) is 5.91 Å². The van der Waals surface area contributed by atoms with Gasteiger partial charge >= 0.3 is 0 Å². The zero-order valence-corrected chi connectivity index (χ0v) is 13.5. The molecule has 2 aromatic heterocycles. The van der Waals surface area contributed by atoms with Crippen molar-refractivity contribution >= 4 is 22.5 Å². The van der Waals surface area contributed by atoms with Gasteiger partial charge in [-0.25, -0.2) is 4.98 Å². The number of ether oxygens (including phenoxy) is 1. The van der Waals surface area contributed by atoms with E-state index in [4.69, 9.17) is 4.74 Å². The molecule has 6 heteroatoms. The summed E-state index contributed by atoms with van der Waals surface area (Å²) in [6, 6.07) is 7.66. The van der Waals surface area contributed by atoms with E-state index in [-0.39, 0.29) is 5.91 Å². The van der Waals surface area contributed by atoms with Gasteiger partial charge in [-0.05, 0) is 43.7 Å². The Bertz CT molecular complexity index is 899. The summed E-state index contributed by atoms with van der Waals surface area (Å²) >= 11 is 0. The van der Waals surface area contributed by atoms with Crippen LogP contribution in [0.3, 0.4) is 0 Å². The molecule has 23 heavy (non-hydrogen) atoms. The van der Waals surface area contributed by atoms with Crippen LogP contribution in [0, 0.1) is 13.8 Å². The number of aromatic nitrogens is 3. The number of rotatable bonds is 3. The van der Waals surface area contributed by atoms with Crippen molar-refractivity contribution in [3.8, 4) is 17.1 Å². The van der Waals surface area contributed by atoms with E-state index in [1.165, 1.54) is 6.92 Å². The molecule has 0 aliphatic rings. The summed E-state index contributed by atoms with van der Waals surface area (Å²) in [6.45, 7) is 5.43. The summed E-state index contributed by atoms with van der Waals surface area (Å²) in [5.74, 6) is 0.458. The lowest BCUT2D eigenvalue weighted by atomic mass is 10.1. The van der Waals surface area contributed by atoms with Crippen molar-refractivity contribution in [2.75, 3.05) is 12.4 Å². The lowest BCUT2D eigenvalue weighted by molar-refractivity contribution is -0.114. The summed E-state index contributed by atoms with van der Waals surface area (Å²) < 4.78 is 5.37. The van der Waals surface area contributed by atoms with E-state index < -0.39 is 0 Å². The molecule has 0 spiro atoms. The molecular formula is C17H18N4O2. The van der Waals surface area contributed by atoms with Crippen LogP contribution in [0.15, 0.2) is 24.3 Å². The molecule has 0 bridgehead atoms. The number of nitrogens with zero attached hydrogens (tertiary/aromatic N) is 2. The highest BCUT2D eigenvalue weighted by Gasteiger charge is 2.12. The van der Waals surface area contributed by atoms with E-state index in [0.717, 1.165) is 33.5 Å². The molecular weight excluding hydrogens is 292 g/mol. The number of H-pyrrole nitrogens is 1. The lowest BCUT2D eigenvalue weighted by Gasteiger charge is -2.12. The van der Waals surface area contributed by atoms with Crippen molar-refractivity contribution in [1.82, 2.24) is 15.2 Å². The lowest BCUT2D eigenvalue weighted by Crippen LogP contribution is -2.07. The molecule has 6 nitrogen and oxygen atoms in total. The first kappa shape index (κ1) is 15.0. The van der Waals surface area contributed by atoms with Crippen LogP contribution in [0.1, 0.15) is 18.2 Å². The molecule has 0 saturated carbocycles. The number of carbonyl (C=O) groups excluding carboxylic acids is 1. The maximum absolute atomic E-state index is 11.4. The molecule has 0 atom stereocenters. The van der Waals surface area contributed by atoms with Gasteiger partial charge in [0.1, 0.15) is 11.4 Å². The number of aromatic amines is 1. The fourth-order valence-corrected chi connectivity index (χ4v) is 2.56. The molecule has 0 unspecified atom stereocenters. The number of methoxy groups -OCH3 is 1. The van der Waals surface area contributed by atoms with Crippen molar-refractivity contribution in [3.05, 3.63) is 35.5 Å². The Balaban J connectivity index is 2.20. The second kappa shape index (κ2) is 5.72. The second-order valence-electron chi connectivity index (χ2n) is 5.51. The average molecular weight is 310 g/mol. The summed E-state index contributed by atoms with van der Waals surface area (Å²) in [5, 5.41) is 10.9. The van der Waals surface area contributed by atoms with Crippen LogP contribution in [0.2, 0.25) is 0 Å². The normalized spacial score (nSPS) is 10.8. The third-order valence-corrected chi connectivity index (χ3v) is 3.62. The summed E-state index contributed by atoms with van der Waals surface area (Å²) in [5.41, 5.74) is 5.02. The molecule has 0 fully saturated rings. The first-order chi connectivity index (χ1) is 11.0. The molecule has 0 aliphatic carbocycles. The van der Waals surface area contributed by atoms with Crippen molar-refractivity contribution < 1.29 is 9.53 Å². The van der Waals surface area contributed by atoms with Crippen LogP contribution in [0.5, 0.6) is 5.75 Å². The average Bonchev–Trinajstić information content (AvgIpc) is 2.92. The zero-order valence-electron chi connectivity index (χ0n) is 13.5. The fraction of sp³-hybridized carbons (Fsp3) is 0.235. The minimum absolute atomic E-state index is 0.154. The number of hydrogen-bond donors (Lipinski definition) is 2. The number of aryl methyl sites for hydroxylation is 2. The van der Waals surface area contributed by atoms with Gasteiger partial charge in [0.25, 0.3) is 0 Å². The van der Waals surface area contributed by atoms with Crippen LogP contribution in [-0.2, 0) is 4.79 Å². The summed E-state index contributed by atoms with van der Waals surface area (Å²) in [4.78, 5) is 16.0. The van der Waals surface area contributed by atoms with Crippen molar-refractivity contribution in [2.24, 2.45) is 0 Å². The van der Waals surface area contributed by atoms with E-state index in [9.17, 15) is 4.79 Å². The second-order valence-corrected chi connectivity index (χ2v) is 5.51.